The Labute approximate surface area is 175 Å². The van der Waals surface area contributed by atoms with Gasteiger partial charge in [-0.1, -0.05) is 6.07 Å². The summed E-state index contributed by atoms with van der Waals surface area (Å²) in [4.78, 5) is 11.8. The summed E-state index contributed by atoms with van der Waals surface area (Å²) in [5.41, 5.74) is 6.11. The van der Waals surface area contributed by atoms with E-state index in [-0.39, 0.29) is 41.4 Å². The van der Waals surface area contributed by atoms with Gasteiger partial charge in [0.05, 0.1) is 29.2 Å². The van der Waals surface area contributed by atoms with Crippen LogP contribution in [0.2, 0.25) is 0 Å². The summed E-state index contributed by atoms with van der Waals surface area (Å²) in [5, 5.41) is 0. The van der Waals surface area contributed by atoms with Gasteiger partial charge >= 0.3 is 0 Å². The van der Waals surface area contributed by atoms with Gasteiger partial charge in [0.25, 0.3) is 10.0 Å². The molecule has 0 aromatic heterocycles. The molecule has 0 saturated carbocycles. The number of methoxy groups -OCH3 is 1. The Kier molecular flexibility index (Phi) is 4.81. The molecule has 0 radical (unpaired) electrons. The molecule has 8 nitrogen and oxygen atoms in total. The number of carbonyl (C=O) groups is 1. The molecule has 1 fully saturated rings. The molecule has 4 rings (SSSR count). The molecule has 10 heteroatoms. The van der Waals surface area contributed by atoms with E-state index in [1.807, 2.05) is 0 Å². The molecular formula is C20H22N2O6S2. The lowest BCUT2D eigenvalue weighted by molar-refractivity contribution is 0.1000. The van der Waals surface area contributed by atoms with E-state index in [9.17, 15) is 21.6 Å². The van der Waals surface area contributed by atoms with E-state index in [2.05, 4.69) is 0 Å². The number of benzene rings is 2. The number of hydrogen-bond donors (Lipinski definition) is 1. The fourth-order valence-electron chi connectivity index (χ4n) is 4.24. The molecular weight excluding hydrogens is 428 g/mol. The lowest BCUT2D eigenvalue weighted by Gasteiger charge is -2.34. The standard InChI is InChI=1S/C20H22N2O6S2/c1-28-15-3-2-4-16(12-15)30(26,27)22-13-20(7-9-29(24,25)10-8-20)17-11-14(19(21)23)5-6-18(17)22/h2-6,11-12H,7-10,13H2,1H3,(H2,21,23). The van der Waals surface area contributed by atoms with Crippen LogP contribution < -0.4 is 14.8 Å². The van der Waals surface area contributed by atoms with Gasteiger partial charge in [-0.15, -0.1) is 0 Å². The van der Waals surface area contributed by atoms with Crippen molar-refractivity contribution < 1.29 is 26.4 Å². The van der Waals surface area contributed by atoms with Crippen molar-refractivity contribution in [1.82, 2.24) is 0 Å². The molecule has 30 heavy (non-hydrogen) atoms. The Hall–Kier alpha value is -2.59. The molecule has 2 N–H and O–H groups in total. The number of sulfonamides is 1. The molecule has 2 heterocycles. The van der Waals surface area contributed by atoms with Gasteiger partial charge in [0, 0.05) is 23.6 Å². The predicted molar refractivity (Wildman–Crippen MR) is 112 cm³/mol. The largest absolute Gasteiger partial charge is 0.497 e. The minimum atomic E-state index is -3.93. The van der Waals surface area contributed by atoms with E-state index in [4.69, 9.17) is 10.5 Å². The van der Waals surface area contributed by atoms with Gasteiger partial charge in [-0.2, -0.15) is 0 Å². The molecule has 2 aliphatic heterocycles. The summed E-state index contributed by atoms with van der Waals surface area (Å²) >= 11 is 0. The average Bonchev–Trinajstić information content (AvgIpc) is 3.05. The minimum absolute atomic E-state index is 0.0275. The average molecular weight is 451 g/mol. The van der Waals surface area contributed by atoms with Gasteiger partial charge in [-0.25, -0.2) is 16.8 Å². The van der Waals surface area contributed by atoms with Crippen molar-refractivity contribution in [3.63, 3.8) is 0 Å². The van der Waals surface area contributed by atoms with Crippen molar-refractivity contribution in [2.24, 2.45) is 5.73 Å². The molecule has 0 unspecified atom stereocenters. The number of ether oxygens (including phenoxy) is 1. The third-order valence-corrected chi connectivity index (χ3v) is 9.39. The molecule has 1 amide bonds. The van der Waals surface area contributed by atoms with Gasteiger partial charge in [-0.05, 0) is 48.7 Å². The van der Waals surface area contributed by atoms with Crippen molar-refractivity contribution in [1.29, 1.82) is 0 Å². The van der Waals surface area contributed by atoms with Crippen molar-refractivity contribution in [3.05, 3.63) is 53.6 Å². The van der Waals surface area contributed by atoms with Crippen LogP contribution in [0.5, 0.6) is 5.75 Å². The quantitative estimate of drug-likeness (QED) is 0.752. The van der Waals surface area contributed by atoms with Crippen molar-refractivity contribution in [2.45, 2.75) is 23.2 Å². The van der Waals surface area contributed by atoms with Crippen LogP contribution in [-0.2, 0) is 25.3 Å². The number of primary amides is 1. The van der Waals surface area contributed by atoms with E-state index in [0.29, 0.717) is 17.0 Å². The second kappa shape index (κ2) is 6.98. The highest BCUT2D eigenvalue weighted by atomic mass is 32.2. The van der Waals surface area contributed by atoms with E-state index in [1.165, 1.54) is 29.6 Å². The lowest BCUT2D eigenvalue weighted by atomic mass is 9.77. The zero-order chi connectivity index (χ0) is 21.7. The van der Waals surface area contributed by atoms with Crippen LogP contribution in [-0.4, -0.2) is 47.9 Å². The first-order valence-electron chi connectivity index (χ1n) is 9.40. The van der Waals surface area contributed by atoms with E-state index in [0.717, 1.165) is 0 Å². The molecule has 2 aliphatic rings. The van der Waals surface area contributed by atoms with E-state index < -0.39 is 31.2 Å². The first-order chi connectivity index (χ1) is 14.1. The maximum absolute atomic E-state index is 13.5. The Morgan fingerprint density at radius 3 is 2.47 bits per heavy atom. The number of sulfone groups is 1. The van der Waals surface area contributed by atoms with Crippen LogP contribution in [0.3, 0.4) is 0 Å². The highest BCUT2D eigenvalue weighted by Gasteiger charge is 2.49. The Bertz CT molecular complexity index is 1220. The third-order valence-electron chi connectivity index (χ3n) is 5.98. The third kappa shape index (κ3) is 3.33. The normalized spacial score (nSPS) is 19.4. The SMILES string of the molecule is COc1cccc(S(=O)(=O)N2CC3(CCS(=O)(=O)CC3)c3cc(C(N)=O)ccc32)c1. The van der Waals surface area contributed by atoms with Gasteiger partial charge in [0.15, 0.2) is 0 Å². The van der Waals surface area contributed by atoms with Crippen molar-refractivity contribution >= 4 is 31.5 Å². The fraction of sp³-hybridized carbons (Fsp3) is 0.350. The van der Waals surface area contributed by atoms with Gasteiger partial charge in [-0.3, -0.25) is 9.10 Å². The summed E-state index contributed by atoms with van der Waals surface area (Å²) in [5.74, 6) is -0.260. The fourth-order valence-corrected chi connectivity index (χ4v) is 7.45. The number of amides is 1. The second-order valence-corrected chi connectivity index (χ2v) is 11.9. The number of carbonyl (C=O) groups excluding carboxylic acids is 1. The monoisotopic (exact) mass is 450 g/mol. The van der Waals surface area contributed by atoms with Crippen LogP contribution in [0.1, 0.15) is 28.8 Å². The molecule has 1 spiro atoms. The molecule has 2 aromatic carbocycles. The smallest absolute Gasteiger partial charge is 0.264 e. The second-order valence-electron chi connectivity index (χ2n) is 7.72. The highest BCUT2D eigenvalue weighted by molar-refractivity contribution is 7.93. The van der Waals surface area contributed by atoms with Gasteiger partial charge in [0.2, 0.25) is 5.91 Å². The van der Waals surface area contributed by atoms with Crippen molar-refractivity contribution in [2.75, 3.05) is 29.5 Å². The first kappa shape index (κ1) is 20.7. The number of hydrogen-bond acceptors (Lipinski definition) is 6. The molecule has 0 aliphatic carbocycles. The van der Waals surface area contributed by atoms with E-state index >= 15 is 0 Å². The summed E-state index contributed by atoms with van der Waals surface area (Å²) in [7, 11) is -5.64. The summed E-state index contributed by atoms with van der Waals surface area (Å²) in [6, 6.07) is 10.9. The van der Waals surface area contributed by atoms with E-state index in [1.54, 1.807) is 24.3 Å². The van der Waals surface area contributed by atoms with Crippen molar-refractivity contribution in [3.8, 4) is 5.75 Å². The van der Waals surface area contributed by atoms with Crippen LogP contribution in [0.25, 0.3) is 0 Å². The van der Waals surface area contributed by atoms with Crippen LogP contribution >= 0.6 is 0 Å². The molecule has 0 bridgehead atoms. The minimum Gasteiger partial charge on any atom is -0.497 e. The molecule has 2 aromatic rings. The number of nitrogens with two attached hydrogens (primary N) is 1. The molecule has 160 valence electrons. The van der Waals surface area contributed by atoms with Crippen LogP contribution in [0.15, 0.2) is 47.4 Å². The summed E-state index contributed by atoms with van der Waals surface area (Å²) < 4.78 is 57.5. The number of anilines is 1. The first-order valence-corrected chi connectivity index (χ1v) is 12.7. The van der Waals surface area contributed by atoms with Gasteiger partial charge in [0.1, 0.15) is 15.6 Å². The van der Waals surface area contributed by atoms with Crippen LogP contribution in [0, 0.1) is 0 Å². The maximum atomic E-state index is 13.5. The van der Waals surface area contributed by atoms with Crippen LogP contribution in [0.4, 0.5) is 5.69 Å². The number of nitrogens with zero attached hydrogens (tertiary/aromatic N) is 1. The Morgan fingerprint density at radius 1 is 1.13 bits per heavy atom. The topological polar surface area (TPSA) is 124 Å². The Morgan fingerprint density at radius 2 is 1.83 bits per heavy atom. The summed E-state index contributed by atoms with van der Waals surface area (Å²) in [6.07, 6.45) is 0.573. The number of rotatable bonds is 4. The highest BCUT2D eigenvalue weighted by Crippen LogP contribution is 2.49. The zero-order valence-corrected chi connectivity index (χ0v) is 18.0. The molecule has 0 atom stereocenters. The Balaban J connectivity index is 1.84. The lowest BCUT2D eigenvalue weighted by Crippen LogP contribution is -2.42. The summed E-state index contributed by atoms with van der Waals surface area (Å²) in [6.45, 7) is 0.111. The number of fused-ring (bicyclic) bond motifs is 2. The maximum Gasteiger partial charge on any atom is 0.264 e. The van der Waals surface area contributed by atoms with Gasteiger partial charge < -0.3 is 10.5 Å². The zero-order valence-electron chi connectivity index (χ0n) is 16.4. The molecule has 1 saturated heterocycles. The predicted octanol–water partition coefficient (Wildman–Crippen LogP) is 1.45.